The van der Waals surface area contributed by atoms with Crippen LogP contribution in [0.2, 0.25) is 18.1 Å². The van der Waals surface area contributed by atoms with E-state index in [-0.39, 0.29) is 16.8 Å². The Balaban J connectivity index is 1.55. The number of hydrogen-bond donors (Lipinski definition) is 2. The lowest BCUT2D eigenvalue weighted by molar-refractivity contribution is 0.0946. The van der Waals surface area contributed by atoms with Gasteiger partial charge in [0.05, 0.1) is 37.2 Å². The lowest BCUT2D eigenvalue weighted by atomic mass is 10.1. The largest absolute Gasteiger partial charge is 0.415 e. The SMILES string of the molecule is CC(C)(C)[Si](C)(C)OCCNC(=O)c1cc(NCc2cccc(F)c2)c2nc(N3CCOCC3)cnc2c1. The Morgan fingerprint density at radius 1 is 1.18 bits per heavy atom. The predicted molar refractivity (Wildman–Crippen MR) is 152 cm³/mol. The first-order valence-corrected chi connectivity index (χ1v) is 16.0. The molecule has 0 radical (unpaired) electrons. The normalized spacial score (nSPS) is 14.5. The summed E-state index contributed by atoms with van der Waals surface area (Å²) in [6.45, 7) is 15.0. The fourth-order valence-electron chi connectivity index (χ4n) is 3.95. The Labute approximate surface area is 225 Å². The molecule has 0 bridgehead atoms. The van der Waals surface area contributed by atoms with Gasteiger partial charge < -0.3 is 24.7 Å². The van der Waals surface area contributed by atoms with Crippen LogP contribution in [0.4, 0.5) is 15.9 Å². The maximum absolute atomic E-state index is 13.7. The molecule has 2 N–H and O–H groups in total. The minimum absolute atomic E-state index is 0.107. The van der Waals surface area contributed by atoms with Crippen molar-refractivity contribution in [3.8, 4) is 0 Å². The van der Waals surface area contributed by atoms with E-state index >= 15 is 0 Å². The van der Waals surface area contributed by atoms with Gasteiger partial charge in [0.1, 0.15) is 17.2 Å². The van der Waals surface area contributed by atoms with Crippen molar-refractivity contribution < 1.29 is 18.3 Å². The number of carbonyl (C=O) groups is 1. The topological polar surface area (TPSA) is 88.6 Å². The average molecular weight is 540 g/mol. The summed E-state index contributed by atoms with van der Waals surface area (Å²) >= 11 is 0. The highest BCUT2D eigenvalue weighted by molar-refractivity contribution is 6.74. The van der Waals surface area contributed by atoms with Gasteiger partial charge in [-0.3, -0.25) is 9.78 Å². The van der Waals surface area contributed by atoms with Gasteiger partial charge in [-0.2, -0.15) is 0 Å². The van der Waals surface area contributed by atoms with Gasteiger partial charge >= 0.3 is 0 Å². The van der Waals surface area contributed by atoms with E-state index < -0.39 is 8.32 Å². The Kier molecular flexibility index (Phi) is 8.64. The van der Waals surface area contributed by atoms with Crippen molar-refractivity contribution in [3.63, 3.8) is 0 Å². The van der Waals surface area contributed by atoms with Gasteiger partial charge in [-0.05, 0) is 48.0 Å². The van der Waals surface area contributed by atoms with E-state index in [4.69, 9.17) is 14.1 Å². The standard InChI is InChI=1S/C28H38FN5O3Si/c1-28(2,3)38(4,5)37-12-9-30-27(35)21-16-23(31-18-20-7-6-8-22(29)15-20)26-24(17-21)32-19-25(33-26)34-10-13-36-14-11-34/h6-8,15-17,19,31H,9-14,18H2,1-5H3,(H,30,35). The number of halogens is 1. The van der Waals surface area contributed by atoms with E-state index in [2.05, 4.69) is 54.4 Å². The van der Waals surface area contributed by atoms with Crippen molar-refractivity contribution in [1.29, 1.82) is 0 Å². The maximum atomic E-state index is 13.7. The highest BCUT2D eigenvalue weighted by Crippen LogP contribution is 2.36. The predicted octanol–water partition coefficient (Wildman–Crippen LogP) is 4.97. The molecule has 2 aromatic carbocycles. The molecule has 3 aromatic rings. The van der Waals surface area contributed by atoms with Crippen LogP contribution in [0.5, 0.6) is 0 Å². The number of anilines is 2. The molecule has 38 heavy (non-hydrogen) atoms. The molecular weight excluding hydrogens is 501 g/mol. The Bertz CT molecular complexity index is 1280. The smallest absolute Gasteiger partial charge is 0.251 e. The summed E-state index contributed by atoms with van der Waals surface area (Å²) in [4.78, 5) is 24.7. The van der Waals surface area contributed by atoms with Crippen LogP contribution < -0.4 is 15.5 Å². The number of fused-ring (bicyclic) bond motifs is 1. The lowest BCUT2D eigenvalue weighted by Crippen LogP contribution is -2.42. The van der Waals surface area contributed by atoms with E-state index in [9.17, 15) is 9.18 Å². The van der Waals surface area contributed by atoms with Crippen LogP contribution >= 0.6 is 0 Å². The van der Waals surface area contributed by atoms with Gasteiger partial charge in [0.25, 0.3) is 5.91 Å². The molecule has 1 saturated heterocycles. The van der Waals surface area contributed by atoms with Crippen LogP contribution in [-0.4, -0.2) is 63.6 Å². The minimum atomic E-state index is -1.89. The Morgan fingerprint density at radius 2 is 1.95 bits per heavy atom. The number of ether oxygens (including phenoxy) is 1. The first-order valence-electron chi connectivity index (χ1n) is 13.1. The molecular formula is C28H38FN5O3Si. The highest BCUT2D eigenvalue weighted by atomic mass is 28.4. The number of amides is 1. The maximum Gasteiger partial charge on any atom is 0.251 e. The van der Waals surface area contributed by atoms with Gasteiger partial charge in [-0.15, -0.1) is 0 Å². The summed E-state index contributed by atoms with van der Waals surface area (Å²) in [5.74, 6) is 0.254. The molecule has 0 saturated carbocycles. The molecule has 1 aliphatic heterocycles. The number of nitrogens with zero attached hydrogens (tertiary/aromatic N) is 3. The third kappa shape index (κ3) is 6.86. The number of aromatic nitrogens is 2. The van der Waals surface area contributed by atoms with Gasteiger partial charge in [-0.25, -0.2) is 9.37 Å². The first kappa shape index (κ1) is 27.9. The van der Waals surface area contributed by atoms with Crippen molar-refractivity contribution in [2.75, 3.05) is 49.7 Å². The van der Waals surface area contributed by atoms with Crippen molar-refractivity contribution >= 4 is 36.8 Å². The molecule has 4 rings (SSSR count). The van der Waals surface area contributed by atoms with Crippen molar-refractivity contribution in [2.45, 2.75) is 45.4 Å². The van der Waals surface area contributed by atoms with Crippen molar-refractivity contribution in [2.24, 2.45) is 0 Å². The van der Waals surface area contributed by atoms with Crippen LogP contribution in [0.1, 0.15) is 36.7 Å². The zero-order valence-electron chi connectivity index (χ0n) is 22.9. The number of benzene rings is 2. The summed E-state index contributed by atoms with van der Waals surface area (Å²) in [5, 5.41) is 6.43. The van der Waals surface area contributed by atoms with Gasteiger partial charge in [0.2, 0.25) is 0 Å². The summed E-state index contributed by atoms with van der Waals surface area (Å²) < 4.78 is 25.4. The molecule has 0 aliphatic carbocycles. The molecule has 8 nitrogen and oxygen atoms in total. The molecule has 0 spiro atoms. The van der Waals surface area contributed by atoms with Crippen molar-refractivity contribution in [1.82, 2.24) is 15.3 Å². The van der Waals surface area contributed by atoms with Crippen LogP contribution in [0.25, 0.3) is 11.0 Å². The van der Waals surface area contributed by atoms with Crippen LogP contribution in [-0.2, 0) is 15.7 Å². The summed E-state index contributed by atoms with van der Waals surface area (Å²) in [5.41, 5.74) is 3.18. The molecule has 1 aromatic heterocycles. The fraction of sp³-hybridized carbons (Fsp3) is 0.464. The summed E-state index contributed by atoms with van der Waals surface area (Å²) in [7, 11) is -1.89. The van der Waals surface area contributed by atoms with Gasteiger partial charge in [0, 0.05) is 31.7 Å². The number of hydrogen-bond acceptors (Lipinski definition) is 7. The number of nitrogens with one attached hydrogen (secondary N) is 2. The van der Waals surface area contributed by atoms with Gasteiger partial charge in [0.15, 0.2) is 8.32 Å². The second kappa shape index (κ2) is 11.8. The number of carbonyl (C=O) groups excluding carboxylic acids is 1. The van der Waals surface area contributed by atoms with Crippen molar-refractivity contribution in [3.05, 3.63) is 59.5 Å². The van der Waals surface area contributed by atoms with E-state index in [1.165, 1.54) is 12.1 Å². The molecule has 0 unspecified atom stereocenters. The van der Waals surface area contributed by atoms with E-state index in [0.29, 0.717) is 55.2 Å². The molecule has 0 atom stereocenters. The van der Waals surface area contributed by atoms with Crippen LogP contribution in [0, 0.1) is 5.82 Å². The Hall–Kier alpha value is -3.08. The Morgan fingerprint density at radius 3 is 2.66 bits per heavy atom. The molecule has 1 amide bonds. The van der Waals surface area contributed by atoms with E-state index in [1.54, 1.807) is 24.4 Å². The second-order valence-electron chi connectivity index (χ2n) is 11.1. The average Bonchev–Trinajstić information content (AvgIpc) is 2.89. The van der Waals surface area contributed by atoms with Gasteiger partial charge in [-0.1, -0.05) is 32.9 Å². The number of rotatable bonds is 9. The second-order valence-corrected chi connectivity index (χ2v) is 15.9. The van der Waals surface area contributed by atoms with E-state index in [1.807, 2.05) is 6.07 Å². The lowest BCUT2D eigenvalue weighted by Gasteiger charge is -2.36. The summed E-state index contributed by atoms with van der Waals surface area (Å²) in [6, 6.07) is 9.96. The third-order valence-corrected chi connectivity index (χ3v) is 11.8. The molecule has 2 heterocycles. The molecule has 1 aliphatic rings. The summed E-state index contributed by atoms with van der Waals surface area (Å²) in [6.07, 6.45) is 1.73. The van der Waals surface area contributed by atoms with Crippen LogP contribution in [0.15, 0.2) is 42.6 Å². The highest BCUT2D eigenvalue weighted by Gasteiger charge is 2.36. The first-order chi connectivity index (χ1) is 18.0. The zero-order chi connectivity index (χ0) is 27.3. The monoisotopic (exact) mass is 539 g/mol. The molecule has 1 fully saturated rings. The minimum Gasteiger partial charge on any atom is -0.415 e. The fourth-order valence-corrected chi connectivity index (χ4v) is 5.00. The quantitative estimate of drug-likeness (QED) is 0.293. The zero-order valence-corrected chi connectivity index (χ0v) is 23.9. The third-order valence-electron chi connectivity index (χ3n) is 7.26. The molecule has 204 valence electrons. The molecule has 10 heteroatoms. The van der Waals surface area contributed by atoms with E-state index in [0.717, 1.165) is 24.5 Å². The number of morpholine rings is 1. The van der Waals surface area contributed by atoms with Crippen LogP contribution in [0.3, 0.4) is 0 Å².